The summed E-state index contributed by atoms with van der Waals surface area (Å²) in [6, 6.07) is 1.39. The molecule has 0 aliphatic rings. The minimum absolute atomic E-state index is 0.0503. The van der Waals surface area contributed by atoms with E-state index in [9.17, 15) is 9.59 Å². The average Bonchev–Trinajstić information content (AvgIpc) is 2.42. The maximum atomic E-state index is 12.5. The molecule has 1 rings (SSSR count). The Morgan fingerprint density at radius 2 is 2.19 bits per heavy atom. The number of pyridine rings is 1. The van der Waals surface area contributed by atoms with E-state index < -0.39 is 0 Å². The fourth-order valence-corrected chi connectivity index (χ4v) is 1.93. The van der Waals surface area contributed by atoms with Crippen LogP contribution in [0.4, 0.5) is 0 Å². The molecule has 0 saturated carbocycles. The first kappa shape index (κ1) is 16.7. The topological polar surface area (TPSA) is 112 Å². The first-order chi connectivity index (χ1) is 9.85. The monoisotopic (exact) mass is 294 g/mol. The molecule has 0 saturated heterocycles. The third kappa shape index (κ3) is 4.94. The first-order valence-electron chi connectivity index (χ1n) is 6.80. The van der Waals surface area contributed by atoms with Crippen LogP contribution < -0.4 is 11.2 Å². The molecule has 4 N–H and O–H groups in total. The number of rotatable bonds is 6. The number of aromatic amines is 1. The molecule has 116 valence electrons. The SMILES string of the molecule is Cc1cc(=O)c(C(=O)N(CCC(N)=NO)CC(C)C)c[nH]1. The van der Waals surface area contributed by atoms with Gasteiger partial charge in [-0.25, -0.2) is 0 Å². The molecule has 0 bridgehead atoms. The Balaban J connectivity index is 2.96. The maximum Gasteiger partial charge on any atom is 0.259 e. The van der Waals surface area contributed by atoms with Crippen LogP contribution in [0.2, 0.25) is 0 Å². The molecule has 0 spiro atoms. The molecule has 0 aromatic carbocycles. The van der Waals surface area contributed by atoms with E-state index in [0.717, 1.165) is 0 Å². The number of carbonyl (C=O) groups excluding carboxylic acids is 1. The van der Waals surface area contributed by atoms with Gasteiger partial charge in [0.2, 0.25) is 0 Å². The minimum Gasteiger partial charge on any atom is -0.409 e. The number of aryl methyl sites for hydroxylation is 1. The number of amidine groups is 1. The smallest absolute Gasteiger partial charge is 0.259 e. The molecule has 0 aliphatic heterocycles. The van der Waals surface area contributed by atoms with E-state index >= 15 is 0 Å². The van der Waals surface area contributed by atoms with E-state index in [0.29, 0.717) is 18.8 Å². The Bertz CT molecular complexity index is 578. The molecule has 1 heterocycles. The van der Waals surface area contributed by atoms with Crippen LogP contribution in [-0.2, 0) is 0 Å². The van der Waals surface area contributed by atoms with Crippen molar-refractivity contribution in [1.82, 2.24) is 9.88 Å². The normalized spacial score (nSPS) is 11.7. The molecular formula is C14H22N4O3. The lowest BCUT2D eigenvalue weighted by Crippen LogP contribution is -2.39. The van der Waals surface area contributed by atoms with Crippen LogP contribution in [0.5, 0.6) is 0 Å². The molecule has 0 aliphatic carbocycles. The fourth-order valence-electron chi connectivity index (χ4n) is 1.93. The summed E-state index contributed by atoms with van der Waals surface area (Å²) in [5.74, 6) is -0.0594. The molecule has 1 aromatic heterocycles. The number of oxime groups is 1. The zero-order valence-electron chi connectivity index (χ0n) is 12.6. The van der Waals surface area contributed by atoms with Gasteiger partial charge in [0.15, 0.2) is 5.43 Å². The van der Waals surface area contributed by atoms with Crippen LogP contribution in [0.15, 0.2) is 22.2 Å². The molecule has 0 fully saturated rings. The van der Waals surface area contributed by atoms with Gasteiger partial charge in [0.25, 0.3) is 5.91 Å². The van der Waals surface area contributed by atoms with Crippen molar-refractivity contribution in [2.75, 3.05) is 13.1 Å². The molecule has 0 atom stereocenters. The summed E-state index contributed by atoms with van der Waals surface area (Å²) in [5.41, 5.74) is 5.92. The van der Waals surface area contributed by atoms with Gasteiger partial charge in [0.05, 0.1) is 0 Å². The number of hydrogen-bond acceptors (Lipinski definition) is 4. The molecular weight excluding hydrogens is 272 g/mol. The number of aromatic nitrogens is 1. The second kappa shape index (κ2) is 7.47. The number of amides is 1. The van der Waals surface area contributed by atoms with Crippen LogP contribution in [0.1, 0.15) is 36.3 Å². The van der Waals surface area contributed by atoms with Crippen molar-refractivity contribution >= 4 is 11.7 Å². The second-order valence-electron chi connectivity index (χ2n) is 5.38. The number of hydrogen-bond donors (Lipinski definition) is 3. The van der Waals surface area contributed by atoms with Gasteiger partial charge in [-0.15, -0.1) is 0 Å². The average molecular weight is 294 g/mol. The summed E-state index contributed by atoms with van der Waals surface area (Å²) in [5, 5.41) is 11.5. The Morgan fingerprint density at radius 1 is 1.52 bits per heavy atom. The van der Waals surface area contributed by atoms with E-state index in [1.165, 1.54) is 12.3 Å². The maximum absolute atomic E-state index is 12.5. The van der Waals surface area contributed by atoms with Gasteiger partial charge < -0.3 is 20.8 Å². The van der Waals surface area contributed by atoms with Crippen molar-refractivity contribution in [3.8, 4) is 0 Å². The zero-order valence-corrected chi connectivity index (χ0v) is 12.6. The highest BCUT2D eigenvalue weighted by Crippen LogP contribution is 2.06. The summed E-state index contributed by atoms with van der Waals surface area (Å²) in [4.78, 5) is 28.8. The number of carbonyl (C=O) groups is 1. The van der Waals surface area contributed by atoms with Crippen molar-refractivity contribution in [3.63, 3.8) is 0 Å². The minimum atomic E-state index is -0.351. The summed E-state index contributed by atoms with van der Waals surface area (Å²) in [7, 11) is 0. The molecule has 0 radical (unpaired) electrons. The van der Waals surface area contributed by atoms with Crippen molar-refractivity contribution in [2.24, 2.45) is 16.8 Å². The third-order valence-electron chi connectivity index (χ3n) is 2.93. The van der Waals surface area contributed by atoms with E-state index in [1.54, 1.807) is 11.8 Å². The largest absolute Gasteiger partial charge is 0.409 e. The molecule has 1 amide bonds. The van der Waals surface area contributed by atoms with Crippen molar-refractivity contribution in [1.29, 1.82) is 0 Å². The summed E-state index contributed by atoms with van der Waals surface area (Å²) >= 11 is 0. The number of nitrogens with zero attached hydrogens (tertiary/aromatic N) is 2. The highest BCUT2D eigenvalue weighted by Gasteiger charge is 2.19. The van der Waals surface area contributed by atoms with E-state index in [2.05, 4.69) is 10.1 Å². The van der Waals surface area contributed by atoms with Crippen molar-refractivity contribution in [3.05, 3.63) is 33.7 Å². The summed E-state index contributed by atoms with van der Waals surface area (Å²) in [6.45, 7) is 6.48. The van der Waals surface area contributed by atoms with E-state index in [1.807, 2.05) is 13.8 Å². The van der Waals surface area contributed by atoms with Crippen LogP contribution in [0, 0.1) is 12.8 Å². The van der Waals surface area contributed by atoms with E-state index in [-0.39, 0.29) is 35.1 Å². The zero-order chi connectivity index (χ0) is 16.0. The second-order valence-corrected chi connectivity index (χ2v) is 5.38. The predicted molar refractivity (Wildman–Crippen MR) is 80.6 cm³/mol. The Morgan fingerprint density at radius 3 is 2.71 bits per heavy atom. The first-order valence-corrected chi connectivity index (χ1v) is 6.80. The van der Waals surface area contributed by atoms with Gasteiger partial charge in [-0.3, -0.25) is 9.59 Å². The number of nitrogens with two attached hydrogens (primary N) is 1. The van der Waals surface area contributed by atoms with Gasteiger partial charge in [0, 0.05) is 37.5 Å². The molecule has 1 aromatic rings. The summed E-state index contributed by atoms with van der Waals surface area (Å²) in [6.07, 6.45) is 1.68. The Kier molecular flexibility index (Phi) is 5.95. The molecule has 7 nitrogen and oxygen atoms in total. The van der Waals surface area contributed by atoms with Gasteiger partial charge in [-0.1, -0.05) is 19.0 Å². The lowest BCUT2D eigenvalue weighted by Gasteiger charge is -2.24. The van der Waals surface area contributed by atoms with Crippen LogP contribution in [0.3, 0.4) is 0 Å². The Hall–Kier alpha value is -2.31. The van der Waals surface area contributed by atoms with Gasteiger partial charge in [0.1, 0.15) is 11.4 Å². The Labute approximate surface area is 123 Å². The molecule has 7 heteroatoms. The standard InChI is InChI=1S/C14H22N4O3/c1-9(2)8-18(5-4-13(15)17-21)14(20)11-7-16-10(3)6-12(11)19/h6-7,9,21H,4-5,8H2,1-3H3,(H2,15,17)(H,16,19). The van der Waals surface area contributed by atoms with Crippen LogP contribution in [-0.4, -0.2) is 39.9 Å². The van der Waals surface area contributed by atoms with Crippen molar-refractivity contribution in [2.45, 2.75) is 27.2 Å². The van der Waals surface area contributed by atoms with Gasteiger partial charge in [-0.2, -0.15) is 0 Å². The lowest BCUT2D eigenvalue weighted by atomic mass is 10.1. The summed E-state index contributed by atoms with van der Waals surface area (Å²) < 4.78 is 0. The fraction of sp³-hybridized carbons (Fsp3) is 0.500. The lowest BCUT2D eigenvalue weighted by molar-refractivity contribution is 0.0739. The molecule has 0 unspecified atom stereocenters. The van der Waals surface area contributed by atoms with Gasteiger partial charge in [-0.05, 0) is 12.8 Å². The molecule has 21 heavy (non-hydrogen) atoms. The van der Waals surface area contributed by atoms with Crippen LogP contribution >= 0.6 is 0 Å². The number of H-pyrrole nitrogens is 1. The van der Waals surface area contributed by atoms with E-state index in [4.69, 9.17) is 10.9 Å². The highest BCUT2D eigenvalue weighted by atomic mass is 16.4. The van der Waals surface area contributed by atoms with Gasteiger partial charge >= 0.3 is 0 Å². The predicted octanol–water partition coefficient (Wildman–Crippen LogP) is 0.918. The highest BCUT2D eigenvalue weighted by molar-refractivity contribution is 5.94. The van der Waals surface area contributed by atoms with Crippen molar-refractivity contribution < 1.29 is 10.0 Å². The van der Waals surface area contributed by atoms with Crippen LogP contribution in [0.25, 0.3) is 0 Å². The quantitative estimate of drug-likeness (QED) is 0.313. The number of nitrogens with one attached hydrogen (secondary N) is 1. The third-order valence-corrected chi connectivity index (χ3v) is 2.93.